The van der Waals surface area contributed by atoms with Crippen LogP contribution in [-0.4, -0.2) is 9.97 Å². The van der Waals surface area contributed by atoms with Crippen molar-refractivity contribution in [1.82, 2.24) is 9.97 Å². The molecule has 0 fully saturated rings. The van der Waals surface area contributed by atoms with Crippen LogP contribution in [0, 0.1) is 0 Å². The lowest BCUT2D eigenvalue weighted by molar-refractivity contribution is 1.06. The summed E-state index contributed by atoms with van der Waals surface area (Å²) in [4.78, 5) is 8.31. The van der Waals surface area contributed by atoms with E-state index in [1.165, 1.54) is 0 Å². The molecule has 76 valence electrons. The highest BCUT2D eigenvalue weighted by molar-refractivity contribution is 5.42. The summed E-state index contributed by atoms with van der Waals surface area (Å²) in [6.07, 6.45) is 6.10. The fourth-order valence-corrected chi connectivity index (χ4v) is 1.38. The molecule has 4 heteroatoms. The minimum Gasteiger partial charge on any atom is -0.324 e. The van der Waals surface area contributed by atoms with Gasteiger partial charge in [0.2, 0.25) is 0 Å². The van der Waals surface area contributed by atoms with Gasteiger partial charge in [-0.1, -0.05) is 6.07 Å². The van der Waals surface area contributed by atoms with Crippen LogP contribution in [0.3, 0.4) is 0 Å². The Morgan fingerprint density at radius 1 is 1.27 bits per heavy atom. The third kappa shape index (κ3) is 2.51. The number of nitrogens with one attached hydrogen (secondary N) is 1. The van der Waals surface area contributed by atoms with Crippen molar-refractivity contribution in [3.05, 3.63) is 54.1 Å². The third-order valence-corrected chi connectivity index (χ3v) is 2.09. The molecule has 0 aliphatic carbocycles. The maximum Gasteiger partial charge on any atom is 0.0518 e. The molecule has 0 spiro atoms. The summed E-state index contributed by atoms with van der Waals surface area (Å²) in [6, 6.07) is 7.69. The van der Waals surface area contributed by atoms with Gasteiger partial charge < -0.3 is 5.43 Å². The molecule has 0 amide bonds. The molecule has 0 radical (unpaired) electrons. The number of hydrazine groups is 1. The van der Waals surface area contributed by atoms with Crippen molar-refractivity contribution in [2.24, 2.45) is 5.84 Å². The van der Waals surface area contributed by atoms with Crippen molar-refractivity contribution in [3.63, 3.8) is 0 Å². The number of nitrogens with zero attached hydrogens (tertiary/aromatic N) is 2. The Hall–Kier alpha value is -1.94. The van der Waals surface area contributed by atoms with Gasteiger partial charge in [0.15, 0.2) is 0 Å². The zero-order valence-electron chi connectivity index (χ0n) is 8.22. The molecular formula is C11H12N4. The van der Waals surface area contributed by atoms with Crippen molar-refractivity contribution >= 4 is 5.69 Å². The van der Waals surface area contributed by atoms with Crippen molar-refractivity contribution in [1.29, 1.82) is 0 Å². The second-order valence-corrected chi connectivity index (χ2v) is 3.22. The molecule has 2 heterocycles. The Bertz CT molecular complexity index is 428. The molecular weight excluding hydrogens is 188 g/mol. The number of nitrogens with two attached hydrogens (primary N) is 1. The van der Waals surface area contributed by atoms with Gasteiger partial charge in [0.05, 0.1) is 5.69 Å². The zero-order valence-corrected chi connectivity index (χ0v) is 8.22. The highest BCUT2D eigenvalue weighted by Gasteiger charge is 1.98. The molecule has 0 saturated carbocycles. The quantitative estimate of drug-likeness (QED) is 0.580. The highest BCUT2D eigenvalue weighted by Crippen LogP contribution is 2.10. The van der Waals surface area contributed by atoms with Crippen LogP contribution in [0.5, 0.6) is 0 Å². The molecule has 0 aromatic carbocycles. The number of hydrogen-bond acceptors (Lipinski definition) is 4. The van der Waals surface area contributed by atoms with Gasteiger partial charge in [-0.25, -0.2) is 0 Å². The van der Waals surface area contributed by atoms with Gasteiger partial charge in [0.25, 0.3) is 0 Å². The Labute approximate surface area is 88.2 Å². The topological polar surface area (TPSA) is 63.8 Å². The summed E-state index contributed by atoms with van der Waals surface area (Å²) in [5.41, 5.74) is 5.57. The van der Waals surface area contributed by atoms with Crippen LogP contribution in [0.1, 0.15) is 11.3 Å². The van der Waals surface area contributed by atoms with E-state index in [2.05, 4.69) is 15.4 Å². The second kappa shape index (κ2) is 4.52. The van der Waals surface area contributed by atoms with E-state index in [-0.39, 0.29) is 0 Å². The van der Waals surface area contributed by atoms with Crippen molar-refractivity contribution in [2.45, 2.75) is 6.42 Å². The molecule has 0 aliphatic heterocycles. The Morgan fingerprint density at radius 3 is 2.93 bits per heavy atom. The molecule has 2 aromatic rings. The highest BCUT2D eigenvalue weighted by atomic mass is 15.2. The van der Waals surface area contributed by atoms with E-state index in [0.717, 1.165) is 23.4 Å². The van der Waals surface area contributed by atoms with Crippen LogP contribution in [0.4, 0.5) is 5.69 Å². The summed E-state index contributed by atoms with van der Waals surface area (Å²) in [6.45, 7) is 0. The van der Waals surface area contributed by atoms with E-state index in [4.69, 9.17) is 5.84 Å². The number of aromatic nitrogens is 2. The average Bonchev–Trinajstić information content (AvgIpc) is 2.31. The van der Waals surface area contributed by atoms with Crippen LogP contribution in [0.2, 0.25) is 0 Å². The minimum absolute atomic E-state index is 0.767. The van der Waals surface area contributed by atoms with E-state index in [0.29, 0.717) is 0 Å². The Balaban J connectivity index is 2.17. The standard InChI is InChI=1S/C11H12N4/c12-15-10-3-5-14-11(7-10)6-9-2-1-4-13-8-9/h1-5,7-8H,6,12H2,(H,14,15). The van der Waals surface area contributed by atoms with Gasteiger partial charge in [-0.15, -0.1) is 0 Å². The molecule has 3 N–H and O–H groups in total. The first-order valence-electron chi connectivity index (χ1n) is 4.69. The maximum atomic E-state index is 5.32. The molecule has 15 heavy (non-hydrogen) atoms. The first-order chi connectivity index (χ1) is 7.38. The van der Waals surface area contributed by atoms with E-state index in [1.54, 1.807) is 12.4 Å². The normalized spacial score (nSPS) is 9.93. The zero-order chi connectivity index (χ0) is 10.5. The number of nitrogen functional groups attached to an aromatic ring is 1. The van der Waals surface area contributed by atoms with Crippen molar-refractivity contribution in [2.75, 3.05) is 5.43 Å². The number of anilines is 1. The lowest BCUT2D eigenvalue weighted by Crippen LogP contribution is -2.07. The van der Waals surface area contributed by atoms with Crippen LogP contribution in [0.25, 0.3) is 0 Å². The summed E-state index contributed by atoms with van der Waals surface area (Å²) in [7, 11) is 0. The monoisotopic (exact) mass is 200 g/mol. The van der Waals surface area contributed by atoms with Gasteiger partial charge in [0, 0.05) is 30.7 Å². The Morgan fingerprint density at radius 2 is 2.20 bits per heavy atom. The van der Waals surface area contributed by atoms with E-state index in [9.17, 15) is 0 Å². The van der Waals surface area contributed by atoms with Crippen LogP contribution < -0.4 is 11.3 Å². The summed E-state index contributed by atoms with van der Waals surface area (Å²) in [5.74, 6) is 5.32. The summed E-state index contributed by atoms with van der Waals surface area (Å²) >= 11 is 0. The predicted molar refractivity (Wildman–Crippen MR) is 59.1 cm³/mol. The van der Waals surface area contributed by atoms with Crippen LogP contribution in [-0.2, 0) is 6.42 Å². The first-order valence-corrected chi connectivity index (χ1v) is 4.69. The second-order valence-electron chi connectivity index (χ2n) is 3.22. The van der Waals surface area contributed by atoms with Gasteiger partial charge in [0.1, 0.15) is 0 Å². The van der Waals surface area contributed by atoms with E-state index < -0.39 is 0 Å². The number of pyridine rings is 2. The number of hydrogen-bond donors (Lipinski definition) is 2. The van der Waals surface area contributed by atoms with Gasteiger partial charge in [-0.2, -0.15) is 0 Å². The molecule has 0 atom stereocenters. The number of rotatable bonds is 3. The fourth-order valence-electron chi connectivity index (χ4n) is 1.38. The van der Waals surface area contributed by atoms with Crippen LogP contribution in [0.15, 0.2) is 42.9 Å². The Kier molecular flexibility index (Phi) is 2.90. The summed E-state index contributed by atoms with van der Waals surface area (Å²) < 4.78 is 0. The summed E-state index contributed by atoms with van der Waals surface area (Å²) in [5, 5.41) is 0. The first kappa shape index (κ1) is 9.61. The average molecular weight is 200 g/mol. The minimum atomic E-state index is 0.767. The maximum absolute atomic E-state index is 5.32. The van der Waals surface area contributed by atoms with Crippen molar-refractivity contribution < 1.29 is 0 Å². The smallest absolute Gasteiger partial charge is 0.0518 e. The molecule has 2 rings (SSSR count). The lowest BCUT2D eigenvalue weighted by Gasteiger charge is -2.03. The fraction of sp³-hybridized carbons (Fsp3) is 0.0909. The van der Waals surface area contributed by atoms with Gasteiger partial charge >= 0.3 is 0 Å². The molecule has 0 bridgehead atoms. The van der Waals surface area contributed by atoms with Gasteiger partial charge in [-0.05, 0) is 23.8 Å². The third-order valence-electron chi connectivity index (χ3n) is 2.09. The molecule has 0 aliphatic rings. The van der Waals surface area contributed by atoms with E-state index >= 15 is 0 Å². The largest absolute Gasteiger partial charge is 0.324 e. The lowest BCUT2D eigenvalue weighted by atomic mass is 10.1. The van der Waals surface area contributed by atoms with Crippen molar-refractivity contribution in [3.8, 4) is 0 Å². The molecule has 0 unspecified atom stereocenters. The van der Waals surface area contributed by atoms with Gasteiger partial charge in [-0.3, -0.25) is 15.8 Å². The predicted octanol–water partition coefficient (Wildman–Crippen LogP) is 1.35. The molecule has 2 aromatic heterocycles. The SMILES string of the molecule is NNc1ccnc(Cc2cccnc2)c1. The molecule has 0 saturated heterocycles. The molecule has 4 nitrogen and oxygen atoms in total. The van der Waals surface area contributed by atoms with Crippen LogP contribution >= 0.6 is 0 Å². The van der Waals surface area contributed by atoms with E-state index in [1.807, 2.05) is 30.5 Å².